The van der Waals surface area contributed by atoms with Crippen molar-refractivity contribution >= 4 is 5.96 Å². The van der Waals surface area contributed by atoms with Crippen molar-refractivity contribution in [1.82, 2.24) is 15.5 Å². The standard InChI is InChI=1S/C20H32N4O/c1-2-21-19(23-15-20(9-10-20)16-7-8-16)22-14-17(18-6-5-13-25-18)24-11-3-4-12-24/h5-6,13,16-17H,2-4,7-12,14-15H2,1H3,(H2,21,22,23). The van der Waals surface area contributed by atoms with Gasteiger partial charge in [-0.1, -0.05) is 0 Å². The third-order valence-corrected chi connectivity index (χ3v) is 6.15. The van der Waals surface area contributed by atoms with Crippen LogP contribution in [0.15, 0.2) is 27.8 Å². The summed E-state index contributed by atoms with van der Waals surface area (Å²) >= 11 is 0. The molecular weight excluding hydrogens is 312 g/mol. The van der Waals surface area contributed by atoms with Gasteiger partial charge in [-0.05, 0) is 82.0 Å². The van der Waals surface area contributed by atoms with E-state index in [1.165, 1.54) is 38.5 Å². The maximum atomic E-state index is 5.72. The zero-order valence-corrected chi connectivity index (χ0v) is 15.5. The van der Waals surface area contributed by atoms with Crippen molar-refractivity contribution in [2.45, 2.75) is 51.5 Å². The molecule has 138 valence electrons. The lowest BCUT2D eigenvalue weighted by Crippen LogP contribution is -2.43. The lowest BCUT2D eigenvalue weighted by Gasteiger charge is -2.27. The summed E-state index contributed by atoms with van der Waals surface area (Å²) in [4.78, 5) is 7.46. The monoisotopic (exact) mass is 344 g/mol. The van der Waals surface area contributed by atoms with Gasteiger partial charge in [0, 0.05) is 19.6 Å². The molecule has 2 N–H and O–H groups in total. The Balaban J connectivity index is 1.38. The van der Waals surface area contributed by atoms with Crippen LogP contribution in [0.5, 0.6) is 0 Å². The first-order chi connectivity index (χ1) is 12.3. The molecule has 1 aromatic heterocycles. The summed E-state index contributed by atoms with van der Waals surface area (Å²) in [5.41, 5.74) is 0.553. The van der Waals surface area contributed by atoms with Crippen molar-refractivity contribution in [2.24, 2.45) is 16.3 Å². The van der Waals surface area contributed by atoms with Gasteiger partial charge in [-0.2, -0.15) is 0 Å². The van der Waals surface area contributed by atoms with Crippen molar-refractivity contribution in [3.63, 3.8) is 0 Å². The molecule has 1 atom stereocenters. The highest BCUT2D eigenvalue weighted by Crippen LogP contribution is 2.61. The van der Waals surface area contributed by atoms with Crippen LogP contribution >= 0.6 is 0 Å². The molecule has 5 heteroatoms. The molecule has 1 unspecified atom stereocenters. The molecule has 3 fully saturated rings. The average molecular weight is 345 g/mol. The summed E-state index contributed by atoms with van der Waals surface area (Å²) in [7, 11) is 0. The van der Waals surface area contributed by atoms with E-state index in [1.807, 2.05) is 6.07 Å². The number of hydrogen-bond acceptors (Lipinski definition) is 3. The molecule has 0 amide bonds. The minimum Gasteiger partial charge on any atom is -0.468 e. The Morgan fingerprint density at radius 1 is 1.32 bits per heavy atom. The van der Waals surface area contributed by atoms with E-state index in [0.717, 1.165) is 50.4 Å². The van der Waals surface area contributed by atoms with E-state index in [-0.39, 0.29) is 0 Å². The van der Waals surface area contributed by atoms with Crippen LogP contribution in [0, 0.1) is 11.3 Å². The van der Waals surface area contributed by atoms with E-state index in [0.29, 0.717) is 11.5 Å². The Bertz CT molecular complexity index is 569. The van der Waals surface area contributed by atoms with Gasteiger partial charge in [-0.3, -0.25) is 9.89 Å². The Hall–Kier alpha value is -1.49. The van der Waals surface area contributed by atoms with Gasteiger partial charge >= 0.3 is 0 Å². The highest BCUT2D eigenvalue weighted by atomic mass is 16.3. The van der Waals surface area contributed by atoms with Gasteiger partial charge in [0.25, 0.3) is 0 Å². The summed E-state index contributed by atoms with van der Waals surface area (Å²) in [5, 5.41) is 7.01. The maximum absolute atomic E-state index is 5.72. The minimum atomic E-state index is 0.291. The highest BCUT2D eigenvalue weighted by molar-refractivity contribution is 5.79. The first-order valence-corrected chi connectivity index (χ1v) is 10.1. The summed E-state index contributed by atoms with van der Waals surface area (Å²) in [6.07, 6.45) is 9.96. The second-order valence-electron chi connectivity index (χ2n) is 7.99. The molecule has 25 heavy (non-hydrogen) atoms. The third kappa shape index (κ3) is 4.02. The molecule has 1 aliphatic heterocycles. The molecule has 0 spiro atoms. The highest BCUT2D eigenvalue weighted by Gasteiger charge is 2.53. The van der Waals surface area contributed by atoms with Gasteiger partial charge in [0.05, 0.1) is 12.3 Å². The first kappa shape index (κ1) is 17.0. The van der Waals surface area contributed by atoms with E-state index in [1.54, 1.807) is 6.26 Å². The van der Waals surface area contributed by atoms with Gasteiger partial charge in [0.2, 0.25) is 0 Å². The van der Waals surface area contributed by atoms with Crippen LogP contribution in [0.4, 0.5) is 0 Å². The number of rotatable bonds is 8. The normalized spacial score (nSPS) is 24.3. The zero-order valence-electron chi connectivity index (χ0n) is 15.5. The number of likely N-dealkylation sites (tertiary alicyclic amines) is 1. The Labute approximate surface area is 151 Å². The van der Waals surface area contributed by atoms with Gasteiger partial charge < -0.3 is 15.1 Å². The van der Waals surface area contributed by atoms with Crippen molar-refractivity contribution in [3.05, 3.63) is 24.2 Å². The van der Waals surface area contributed by atoms with Gasteiger partial charge in [-0.25, -0.2) is 0 Å². The number of hydrogen-bond donors (Lipinski definition) is 2. The van der Waals surface area contributed by atoms with E-state index < -0.39 is 0 Å². The Morgan fingerprint density at radius 3 is 2.72 bits per heavy atom. The van der Waals surface area contributed by atoms with Crippen LogP contribution in [0.3, 0.4) is 0 Å². The van der Waals surface area contributed by atoms with Crippen molar-refractivity contribution in [1.29, 1.82) is 0 Å². The van der Waals surface area contributed by atoms with Gasteiger partial charge in [0.1, 0.15) is 5.76 Å². The lowest BCUT2D eigenvalue weighted by molar-refractivity contribution is 0.215. The lowest BCUT2D eigenvalue weighted by atomic mass is 10.0. The Kier molecular flexibility index (Phi) is 5.02. The van der Waals surface area contributed by atoms with Crippen LogP contribution in [-0.4, -0.2) is 43.6 Å². The van der Waals surface area contributed by atoms with Crippen LogP contribution < -0.4 is 10.6 Å². The van der Waals surface area contributed by atoms with Crippen LogP contribution in [0.25, 0.3) is 0 Å². The predicted molar refractivity (Wildman–Crippen MR) is 101 cm³/mol. The third-order valence-electron chi connectivity index (χ3n) is 6.15. The Morgan fingerprint density at radius 2 is 2.12 bits per heavy atom. The summed E-state index contributed by atoms with van der Waals surface area (Å²) in [6.45, 7) is 7.18. The van der Waals surface area contributed by atoms with E-state index >= 15 is 0 Å². The number of aliphatic imine (C=N–C) groups is 1. The van der Waals surface area contributed by atoms with Crippen molar-refractivity contribution < 1.29 is 4.42 Å². The second-order valence-corrected chi connectivity index (χ2v) is 7.99. The summed E-state index contributed by atoms with van der Waals surface area (Å²) in [6, 6.07) is 4.38. The fourth-order valence-electron chi connectivity index (χ4n) is 4.27. The molecule has 4 rings (SSSR count). The topological polar surface area (TPSA) is 52.8 Å². The smallest absolute Gasteiger partial charge is 0.191 e. The van der Waals surface area contributed by atoms with Crippen molar-refractivity contribution in [2.75, 3.05) is 32.7 Å². The average Bonchev–Trinajstić information content (AvgIpc) is 3.50. The number of nitrogens with zero attached hydrogens (tertiary/aromatic N) is 2. The number of guanidine groups is 1. The van der Waals surface area contributed by atoms with Gasteiger partial charge in [0.15, 0.2) is 5.96 Å². The molecule has 2 aliphatic carbocycles. The fourth-order valence-corrected chi connectivity index (χ4v) is 4.27. The van der Waals surface area contributed by atoms with Gasteiger partial charge in [-0.15, -0.1) is 0 Å². The predicted octanol–water partition coefficient (Wildman–Crippen LogP) is 3.16. The second kappa shape index (κ2) is 7.40. The molecule has 1 aromatic rings. The van der Waals surface area contributed by atoms with Crippen molar-refractivity contribution in [3.8, 4) is 0 Å². The number of nitrogens with one attached hydrogen (secondary N) is 2. The molecule has 5 nitrogen and oxygen atoms in total. The molecular formula is C20H32N4O. The molecule has 0 aromatic carbocycles. The van der Waals surface area contributed by atoms with Crippen LogP contribution in [0.2, 0.25) is 0 Å². The number of furan rings is 1. The SMILES string of the molecule is CCNC(=NCC1(C2CC2)CC1)NCC(c1ccco1)N1CCCC1. The van der Waals surface area contributed by atoms with E-state index in [4.69, 9.17) is 9.41 Å². The minimum absolute atomic E-state index is 0.291. The molecule has 3 aliphatic rings. The quantitative estimate of drug-likeness (QED) is 0.562. The largest absolute Gasteiger partial charge is 0.468 e. The molecule has 2 saturated carbocycles. The van der Waals surface area contributed by atoms with E-state index in [2.05, 4.69) is 28.5 Å². The van der Waals surface area contributed by atoms with Crippen LogP contribution in [0.1, 0.15) is 57.3 Å². The van der Waals surface area contributed by atoms with E-state index in [9.17, 15) is 0 Å². The first-order valence-electron chi connectivity index (χ1n) is 10.1. The molecule has 2 heterocycles. The fraction of sp³-hybridized carbons (Fsp3) is 0.750. The van der Waals surface area contributed by atoms with Crippen LogP contribution in [-0.2, 0) is 0 Å². The summed E-state index contributed by atoms with van der Waals surface area (Å²) < 4.78 is 5.72. The maximum Gasteiger partial charge on any atom is 0.191 e. The zero-order chi connectivity index (χ0) is 17.1. The molecule has 0 radical (unpaired) electrons. The molecule has 1 saturated heterocycles. The molecule has 0 bridgehead atoms. The summed E-state index contributed by atoms with van der Waals surface area (Å²) in [5.74, 6) is 2.98.